The Morgan fingerprint density at radius 2 is 1.80 bits per heavy atom. The van der Waals surface area contributed by atoms with Crippen LogP contribution in [0.25, 0.3) is 16.5 Å². The van der Waals surface area contributed by atoms with E-state index in [0.29, 0.717) is 30.7 Å². The van der Waals surface area contributed by atoms with Crippen molar-refractivity contribution in [1.82, 2.24) is 5.48 Å². The van der Waals surface area contributed by atoms with Crippen molar-refractivity contribution in [2.45, 2.75) is 56.0 Å². The number of hydrogen-bond acceptors (Lipinski definition) is 7. The van der Waals surface area contributed by atoms with Crippen LogP contribution in [0.4, 0.5) is 5.69 Å². The number of ether oxygens (including phenoxy) is 1. The van der Waals surface area contributed by atoms with Crippen molar-refractivity contribution in [3.63, 3.8) is 0 Å². The van der Waals surface area contributed by atoms with Crippen LogP contribution in [-0.4, -0.2) is 38.9 Å². The monoisotopic (exact) mass is 594 g/mol. The molecule has 1 unspecified atom stereocenters. The molecule has 0 aliphatic carbocycles. The number of benzene rings is 2. The molecule has 2 amide bonds. The van der Waals surface area contributed by atoms with E-state index in [2.05, 4.69) is 10.8 Å². The summed E-state index contributed by atoms with van der Waals surface area (Å²) in [4.78, 5) is 32.2. The van der Waals surface area contributed by atoms with Gasteiger partial charge in [-0.1, -0.05) is 48.9 Å². The van der Waals surface area contributed by atoms with Crippen molar-refractivity contribution in [1.29, 1.82) is 0 Å². The Hall–Kier alpha value is -3.31. The van der Waals surface area contributed by atoms with Crippen LogP contribution in [0, 0.1) is 0 Å². The minimum Gasteiger partial charge on any atom is -0.350 e. The molecule has 0 bridgehead atoms. The first kappa shape index (κ1) is 29.2. The van der Waals surface area contributed by atoms with Gasteiger partial charge >= 0.3 is 0 Å². The number of nitrogens with one attached hydrogen (secondary N) is 2. The summed E-state index contributed by atoms with van der Waals surface area (Å²) in [5.41, 5.74) is 4.97. The molecule has 0 saturated carbocycles. The van der Waals surface area contributed by atoms with Gasteiger partial charge in [-0.25, -0.2) is 18.7 Å². The predicted octanol–water partition coefficient (Wildman–Crippen LogP) is 5.83. The van der Waals surface area contributed by atoms with Crippen LogP contribution in [0.3, 0.4) is 0 Å². The lowest BCUT2D eigenvalue weighted by Crippen LogP contribution is -2.45. The van der Waals surface area contributed by atoms with Crippen LogP contribution in [0.15, 0.2) is 72.8 Å². The number of rotatable bonds is 9. The topological polar surface area (TPSA) is 111 Å². The van der Waals surface area contributed by atoms with E-state index < -0.39 is 26.8 Å². The molecule has 8 nitrogen and oxygen atoms in total. The molecular weight excluding hydrogens is 560 g/mol. The zero-order chi connectivity index (χ0) is 28.7. The van der Waals surface area contributed by atoms with Crippen molar-refractivity contribution in [3.05, 3.63) is 83.2 Å². The number of hydrogen-bond donors (Lipinski definition) is 2. The van der Waals surface area contributed by atoms with Crippen LogP contribution in [0.1, 0.15) is 55.4 Å². The van der Waals surface area contributed by atoms with E-state index in [0.717, 1.165) is 41.0 Å². The molecule has 2 aromatic carbocycles. The average Bonchev–Trinajstić information content (AvgIpc) is 3.48. The van der Waals surface area contributed by atoms with Crippen LogP contribution < -0.4 is 10.8 Å². The lowest BCUT2D eigenvalue weighted by atomic mass is 9.94. The van der Waals surface area contributed by atoms with Crippen LogP contribution in [-0.2, 0) is 33.7 Å². The molecule has 2 fully saturated rings. The molecule has 2 N–H and O–H groups in total. The molecule has 3 heterocycles. The third kappa shape index (κ3) is 7.13. The Balaban J connectivity index is 1.28. The van der Waals surface area contributed by atoms with Crippen molar-refractivity contribution >= 4 is 44.8 Å². The lowest BCUT2D eigenvalue weighted by Gasteiger charge is -2.35. The molecule has 10 heteroatoms. The molecule has 2 atom stereocenters. The Bertz CT molecular complexity index is 1480. The first-order valence-corrected chi connectivity index (χ1v) is 16.3. The maximum absolute atomic E-state index is 13.5. The normalized spacial score (nSPS) is 22.3. The van der Waals surface area contributed by atoms with Gasteiger partial charge in [0.05, 0.1) is 12.2 Å². The number of amides is 2. The largest absolute Gasteiger partial charge is 0.350 e. The van der Waals surface area contributed by atoms with Crippen LogP contribution in [0.2, 0.25) is 0 Å². The van der Waals surface area contributed by atoms with Gasteiger partial charge in [-0.3, -0.25) is 9.59 Å². The number of carbonyl (C=O) groups excluding carboxylic acids is 2. The number of sulfone groups is 1. The summed E-state index contributed by atoms with van der Waals surface area (Å²) in [6.45, 7) is 0.581. The molecule has 2 aliphatic heterocycles. The van der Waals surface area contributed by atoms with Gasteiger partial charge in [0.1, 0.15) is 4.75 Å². The van der Waals surface area contributed by atoms with E-state index in [9.17, 15) is 18.0 Å². The highest BCUT2D eigenvalue weighted by atomic mass is 32.2. The van der Waals surface area contributed by atoms with Crippen molar-refractivity contribution < 1.29 is 27.6 Å². The highest BCUT2D eigenvalue weighted by molar-refractivity contribution is 7.92. The maximum Gasteiger partial charge on any atom is 0.248 e. The average molecular weight is 595 g/mol. The molecule has 2 aliphatic rings. The summed E-state index contributed by atoms with van der Waals surface area (Å²) in [6, 6.07) is 20.7. The molecule has 2 saturated heterocycles. The number of hydroxylamine groups is 1. The fourth-order valence-electron chi connectivity index (χ4n) is 5.22. The number of carbonyl (C=O) groups is 2. The quantitative estimate of drug-likeness (QED) is 0.238. The minimum absolute atomic E-state index is 0.0546. The third-order valence-electron chi connectivity index (χ3n) is 7.45. The molecule has 5 rings (SSSR count). The van der Waals surface area contributed by atoms with E-state index in [1.807, 2.05) is 66.7 Å². The Labute approximate surface area is 244 Å². The predicted molar refractivity (Wildman–Crippen MR) is 161 cm³/mol. The molecule has 216 valence electrons. The van der Waals surface area contributed by atoms with Crippen molar-refractivity contribution in [2.75, 3.05) is 17.7 Å². The van der Waals surface area contributed by atoms with Gasteiger partial charge in [0.15, 0.2) is 16.1 Å². The second-order valence-electron chi connectivity index (χ2n) is 10.4. The summed E-state index contributed by atoms with van der Waals surface area (Å²) in [5, 5.41) is 2.82. The van der Waals surface area contributed by atoms with Crippen LogP contribution >= 0.6 is 11.3 Å². The molecule has 1 aromatic heterocycles. The van der Waals surface area contributed by atoms with E-state index in [1.165, 1.54) is 17.4 Å². The van der Waals surface area contributed by atoms with E-state index in [4.69, 9.17) is 9.57 Å². The third-order valence-corrected chi connectivity index (χ3v) is 11.5. The lowest BCUT2D eigenvalue weighted by molar-refractivity contribution is -0.200. The summed E-state index contributed by atoms with van der Waals surface area (Å²) in [7, 11) is -3.57. The van der Waals surface area contributed by atoms with Crippen molar-refractivity contribution in [2.24, 2.45) is 0 Å². The molecule has 0 radical (unpaired) electrons. The van der Waals surface area contributed by atoms with Gasteiger partial charge < -0.3 is 10.1 Å². The zero-order valence-corrected chi connectivity index (χ0v) is 24.3. The van der Waals surface area contributed by atoms with E-state index >= 15 is 0 Å². The maximum atomic E-state index is 13.5. The Kier molecular flexibility index (Phi) is 9.34. The van der Waals surface area contributed by atoms with Gasteiger partial charge in [0, 0.05) is 34.5 Å². The highest BCUT2D eigenvalue weighted by Crippen LogP contribution is 2.47. The second kappa shape index (κ2) is 13.1. The van der Waals surface area contributed by atoms with E-state index in [-0.39, 0.29) is 18.1 Å². The first-order valence-electron chi connectivity index (χ1n) is 13.9. The number of para-hydroxylation sites is 1. The Morgan fingerprint density at radius 1 is 1.00 bits per heavy atom. The zero-order valence-electron chi connectivity index (χ0n) is 22.7. The smallest absolute Gasteiger partial charge is 0.248 e. The van der Waals surface area contributed by atoms with Gasteiger partial charge in [0.2, 0.25) is 11.8 Å². The standard InChI is InChI=1S/C31H34N2O6S2/c34-28(32-25-8-2-1-3-9-25)18-13-23-11-14-24(15-12-23)26-16-17-27(40-26)31(19-5-7-21-41(31,36)37)22-29(35)33-39-30-10-4-6-20-38-30/h1-3,8-9,11-18,30H,4-7,10,19-22H2,(H,32,34)(H,33,35)/t30?,31-/m0/s1. The highest BCUT2D eigenvalue weighted by Gasteiger charge is 2.49. The number of thiophene rings is 1. The van der Waals surface area contributed by atoms with Crippen LogP contribution in [0.5, 0.6) is 0 Å². The fraction of sp³-hybridized carbons (Fsp3) is 0.355. The molecule has 41 heavy (non-hydrogen) atoms. The van der Waals surface area contributed by atoms with Gasteiger partial charge in [-0.2, -0.15) is 0 Å². The number of anilines is 1. The summed E-state index contributed by atoms with van der Waals surface area (Å²) in [6.07, 6.45) is 6.83. The van der Waals surface area contributed by atoms with Crippen molar-refractivity contribution in [3.8, 4) is 10.4 Å². The first-order chi connectivity index (χ1) is 19.8. The fourth-order valence-corrected chi connectivity index (χ4v) is 9.01. The van der Waals surface area contributed by atoms with Gasteiger partial charge in [-0.05, 0) is 67.2 Å². The molecule has 0 spiro atoms. The minimum atomic E-state index is -3.57. The Morgan fingerprint density at radius 3 is 2.54 bits per heavy atom. The van der Waals surface area contributed by atoms with E-state index in [1.54, 1.807) is 6.08 Å². The summed E-state index contributed by atoms with van der Waals surface area (Å²) >= 11 is 1.40. The SMILES string of the molecule is O=C(C=Cc1ccc(-c2ccc([C@@]3(CC(=O)NOC4CCCCO4)CCCCS3(=O)=O)s2)cc1)Nc1ccccc1. The van der Waals surface area contributed by atoms with Gasteiger partial charge in [-0.15, -0.1) is 11.3 Å². The van der Waals surface area contributed by atoms with Gasteiger partial charge in [0.25, 0.3) is 0 Å². The summed E-state index contributed by atoms with van der Waals surface area (Å²) < 4.78 is 31.2. The molecular formula is C31H34N2O6S2. The molecule has 3 aromatic rings. The summed E-state index contributed by atoms with van der Waals surface area (Å²) in [5.74, 6) is -0.631. The second-order valence-corrected chi connectivity index (χ2v) is 13.9.